The zero-order valence-corrected chi connectivity index (χ0v) is 5.19. The zero-order valence-electron chi connectivity index (χ0n) is 3.47. The average Bonchev–Trinajstić information content (AvgIpc) is 1.61. The first-order chi connectivity index (χ1) is 3.63. The molecule has 8 heteroatoms. The van der Waals surface area contributed by atoms with Gasteiger partial charge in [-0.25, -0.2) is 4.21 Å². The molecule has 0 bridgehead atoms. The van der Waals surface area contributed by atoms with Crippen LogP contribution < -0.4 is 4.89 Å². The summed E-state index contributed by atoms with van der Waals surface area (Å²) in [6.45, 7) is 0. The summed E-state index contributed by atoms with van der Waals surface area (Å²) in [6, 6.07) is 0. The second-order valence-corrected chi connectivity index (χ2v) is 1.98. The lowest BCUT2D eigenvalue weighted by molar-refractivity contribution is 0.241. The van der Waals surface area contributed by atoms with E-state index in [9.17, 15) is 8.77 Å². The van der Waals surface area contributed by atoms with Crippen molar-refractivity contribution in [3.63, 3.8) is 0 Å². The van der Waals surface area contributed by atoms with Crippen molar-refractivity contribution in [1.29, 1.82) is 0 Å². The van der Waals surface area contributed by atoms with Gasteiger partial charge in [0, 0.05) is 4.57 Å². The van der Waals surface area contributed by atoms with E-state index in [1.807, 2.05) is 0 Å². The van der Waals surface area contributed by atoms with Gasteiger partial charge in [-0.2, -0.15) is 0 Å². The van der Waals surface area contributed by atoms with E-state index in [0.29, 0.717) is 0 Å². The molecule has 0 aliphatic rings. The lowest BCUT2D eigenvalue weighted by Crippen LogP contribution is -2.12. The topological polar surface area (TPSA) is 95.9 Å². The third-order valence-corrected chi connectivity index (χ3v) is 0.784. The fraction of sp³-hybridized carbons (Fsp3) is 0. The molecule has 48 valence electrons. The Balaban J connectivity index is 3.18. The molecule has 0 saturated heterocycles. The summed E-state index contributed by atoms with van der Waals surface area (Å²) in [5.74, 6) is 0. The minimum atomic E-state index is -2.85. The highest BCUT2D eigenvalue weighted by Crippen LogP contribution is 2.10. The molecule has 0 aliphatic heterocycles. The van der Waals surface area contributed by atoms with Crippen molar-refractivity contribution >= 4 is 19.5 Å². The van der Waals surface area contributed by atoms with Crippen LogP contribution in [0.1, 0.15) is 0 Å². The summed E-state index contributed by atoms with van der Waals surface area (Å²) in [5, 5.41) is 0. The molecule has 2 unspecified atom stereocenters. The summed E-state index contributed by atoms with van der Waals surface area (Å²) in [6.07, 6.45) is 0. The number of hydrogen-bond acceptors (Lipinski definition) is 3. The smallest absolute Gasteiger partial charge is 0.292 e. The minimum absolute atomic E-state index is 1.34. The molecule has 0 aromatic heterocycles. The van der Waals surface area contributed by atoms with E-state index in [0.717, 1.165) is 0 Å². The van der Waals surface area contributed by atoms with E-state index in [1.54, 1.807) is 0 Å². The second kappa shape index (κ2) is 4.02. The lowest BCUT2D eigenvalue weighted by atomic mass is 13.5. The van der Waals surface area contributed by atoms with Gasteiger partial charge in [-0.05, 0) is 9.51 Å². The summed E-state index contributed by atoms with van der Waals surface area (Å²) in [4.78, 5) is 9.12. The van der Waals surface area contributed by atoms with E-state index >= 15 is 0 Å². The average molecular weight is 160 g/mol. The van der Waals surface area contributed by atoms with Crippen molar-refractivity contribution in [3.8, 4) is 0 Å². The normalized spacial score (nSPS) is 15.5. The molecular formula is H3NO5PS+. The standard InChI is InChI=1S/H2NO5PS/c2-7(3)6-1-8(4)5/h1H,(H-,2,3,4,5)/p+1. The molecule has 0 spiro atoms. The quantitative estimate of drug-likeness (QED) is 0.288. The van der Waals surface area contributed by atoms with Crippen LogP contribution in [-0.2, 0) is 20.5 Å². The van der Waals surface area contributed by atoms with Gasteiger partial charge in [-0.1, -0.05) is 0 Å². The summed E-state index contributed by atoms with van der Waals surface area (Å²) in [7, 11) is -2.85. The third-order valence-electron chi connectivity index (χ3n) is 0.187. The van der Waals surface area contributed by atoms with Crippen LogP contribution in [0, 0.1) is 0 Å². The highest BCUT2D eigenvalue weighted by atomic mass is 32.2. The molecule has 0 aromatic rings. The predicted molar refractivity (Wildman–Crippen MR) is 24.8 cm³/mol. The molecule has 2 atom stereocenters. The van der Waals surface area contributed by atoms with Crippen LogP contribution in [0.3, 0.4) is 0 Å². The Kier molecular flexibility index (Phi) is 4.06. The van der Waals surface area contributed by atoms with Crippen LogP contribution >= 0.6 is 8.25 Å². The highest BCUT2D eigenvalue weighted by molar-refractivity contribution is 7.77. The van der Waals surface area contributed by atoms with Crippen molar-refractivity contribution in [2.75, 3.05) is 0 Å². The molecule has 3 N–H and O–H groups in total. The summed E-state index contributed by atoms with van der Waals surface area (Å²) in [5.41, 5.74) is 0. The fourth-order valence-corrected chi connectivity index (χ4v) is 0.574. The maximum Gasteiger partial charge on any atom is 0.714 e. The monoisotopic (exact) mass is 160 g/mol. The first-order valence-corrected chi connectivity index (χ1v) is 3.56. The van der Waals surface area contributed by atoms with E-state index < -0.39 is 19.5 Å². The van der Waals surface area contributed by atoms with Gasteiger partial charge in [-0.3, -0.25) is 4.55 Å². The van der Waals surface area contributed by atoms with Gasteiger partial charge in [-0.15, -0.1) is 4.89 Å². The number of hydrogen-bond donors (Lipinski definition) is 3. The van der Waals surface area contributed by atoms with Crippen molar-refractivity contribution in [2.24, 2.45) is 0 Å². The third kappa shape index (κ3) is 6.09. The van der Waals surface area contributed by atoms with E-state index in [1.165, 1.54) is 4.89 Å². The van der Waals surface area contributed by atoms with Crippen LogP contribution in [-0.4, -0.2) is 13.7 Å². The van der Waals surface area contributed by atoms with Crippen molar-refractivity contribution < 1.29 is 22.8 Å². The van der Waals surface area contributed by atoms with E-state index in [2.05, 4.69) is 4.62 Å². The Labute approximate surface area is 48.2 Å². The molecule has 0 amide bonds. The first-order valence-electron chi connectivity index (χ1n) is 1.32. The minimum Gasteiger partial charge on any atom is -0.292 e. The first kappa shape index (κ1) is 8.09. The lowest BCUT2D eigenvalue weighted by Gasteiger charge is -1.80. The second-order valence-electron chi connectivity index (χ2n) is 0.662. The van der Waals surface area contributed by atoms with E-state index in [-0.39, 0.29) is 0 Å². The van der Waals surface area contributed by atoms with E-state index in [4.69, 9.17) is 9.45 Å². The molecule has 0 fully saturated rings. The Hall–Kier alpha value is 0.0900. The fourth-order valence-electron chi connectivity index (χ4n) is 0.0638. The van der Waals surface area contributed by atoms with Gasteiger partial charge in [0.15, 0.2) is 0 Å². The summed E-state index contributed by atoms with van der Waals surface area (Å²) >= 11 is -2.40. The largest absolute Gasteiger partial charge is 0.714 e. The summed E-state index contributed by atoms with van der Waals surface area (Å²) < 4.78 is 30.4. The Morgan fingerprint density at radius 3 is 2.38 bits per heavy atom. The molecular weight excluding hydrogens is 157 g/mol. The van der Waals surface area contributed by atoms with Crippen molar-refractivity contribution in [1.82, 2.24) is 4.89 Å². The van der Waals surface area contributed by atoms with Crippen LogP contribution in [0.4, 0.5) is 0 Å². The van der Waals surface area contributed by atoms with Crippen LogP contribution in [0.15, 0.2) is 0 Å². The Bertz CT molecular complexity index is 97.0. The molecule has 0 rings (SSSR count). The van der Waals surface area contributed by atoms with Gasteiger partial charge < -0.3 is 0 Å². The van der Waals surface area contributed by atoms with Crippen LogP contribution in [0.5, 0.6) is 0 Å². The molecule has 0 aliphatic carbocycles. The predicted octanol–water partition coefficient (Wildman–Crippen LogP) is -0.706. The molecule has 8 heavy (non-hydrogen) atoms. The van der Waals surface area contributed by atoms with Gasteiger partial charge >= 0.3 is 8.25 Å². The zero-order chi connectivity index (χ0) is 6.57. The molecule has 0 radical (unpaired) electrons. The number of rotatable bonds is 3. The Morgan fingerprint density at radius 2 is 2.25 bits per heavy atom. The van der Waals surface area contributed by atoms with Crippen molar-refractivity contribution in [3.05, 3.63) is 0 Å². The molecule has 0 aromatic carbocycles. The molecule has 0 saturated carbocycles. The molecule has 6 nitrogen and oxygen atoms in total. The SMILES string of the molecule is O=[P+](O)ONS(=O)O. The number of nitrogens with one attached hydrogen (secondary N) is 1. The van der Waals surface area contributed by atoms with Gasteiger partial charge in [0.2, 0.25) is 0 Å². The highest BCUT2D eigenvalue weighted by Gasteiger charge is 2.12. The van der Waals surface area contributed by atoms with Crippen LogP contribution in [0.25, 0.3) is 0 Å². The Morgan fingerprint density at radius 1 is 1.75 bits per heavy atom. The maximum atomic E-state index is 9.54. The molecule has 0 heterocycles. The van der Waals surface area contributed by atoms with Gasteiger partial charge in [0.1, 0.15) is 0 Å². The van der Waals surface area contributed by atoms with Gasteiger partial charge in [0.25, 0.3) is 11.3 Å². The maximum absolute atomic E-state index is 9.54. The van der Waals surface area contributed by atoms with Crippen LogP contribution in [0.2, 0.25) is 0 Å². The van der Waals surface area contributed by atoms with Gasteiger partial charge in [0.05, 0.1) is 0 Å². The van der Waals surface area contributed by atoms with Crippen molar-refractivity contribution in [2.45, 2.75) is 0 Å².